The number of imidazole rings is 1. The van der Waals surface area contributed by atoms with Gasteiger partial charge in [0.05, 0.1) is 23.1 Å². The maximum Gasteiger partial charge on any atom is 0.323 e. The van der Waals surface area contributed by atoms with Crippen LogP contribution in [0.3, 0.4) is 0 Å². The molecular formula is C16H12ClFN4O3. The van der Waals surface area contributed by atoms with Gasteiger partial charge in [-0.2, -0.15) is 0 Å². The van der Waals surface area contributed by atoms with E-state index in [0.29, 0.717) is 16.7 Å². The lowest BCUT2D eigenvalue weighted by Crippen LogP contribution is -2.33. The predicted molar refractivity (Wildman–Crippen MR) is 91.3 cm³/mol. The number of hydrogen-bond donors (Lipinski definition) is 4. The number of halogens is 2. The van der Waals surface area contributed by atoms with Gasteiger partial charge in [0.15, 0.2) is 0 Å². The van der Waals surface area contributed by atoms with E-state index in [1.54, 1.807) is 18.2 Å². The number of fused-ring (bicyclic) bond motifs is 1. The Bertz CT molecular complexity index is 1030. The zero-order valence-electron chi connectivity index (χ0n) is 12.7. The minimum atomic E-state index is -0.749. The molecule has 3 aromatic rings. The zero-order chi connectivity index (χ0) is 18.0. The third-order valence-corrected chi connectivity index (χ3v) is 3.62. The summed E-state index contributed by atoms with van der Waals surface area (Å²) in [5.74, 6) is -1.99. The molecule has 0 unspecified atom stereocenters. The molecule has 0 atom stereocenters. The van der Waals surface area contributed by atoms with E-state index >= 15 is 0 Å². The minimum absolute atomic E-state index is 0.213. The number of hydrogen-bond acceptors (Lipinski definition) is 3. The van der Waals surface area contributed by atoms with Gasteiger partial charge in [0.1, 0.15) is 5.82 Å². The van der Waals surface area contributed by atoms with Crippen LogP contribution in [0.2, 0.25) is 5.02 Å². The van der Waals surface area contributed by atoms with E-state index in [1.807, 2.05) is 0 Å². The first-order valence-electron chi connectivity index (χ1n) is 7.17. The number of carbonyl (C=O) groups is 2. The van der Waals surface area contributed by atoms with Gasteiger partial charge in [-0.1, -0.05) is 11.6 Å². The highest BCUT2D eigenvalue weighted by Gasteiger charge is 2.13. The Labute approximate surface area is 145 Å². The van der Waals surface area contributed by atoms with Gasteiger partial charge in [0.25, 0.3) is 5.91 Å². The van der Waals surface area contributed by atoms with Gasteiger partial charge in [-0.3, -0.25) is 9.59 Å². The van der Waals surface area contributed by atoms with Crippen LogP contribution in [0.1, 0.15) is 10.4 Å². The molecule has 0 aliphatic carbocycles. The van der Waals surface area contributed by atoms with E-state index in [0.717, 1.165) is 6.07 Å². The Morgan fingerprint density at radius 3 is 2.64 bits per heavy atom. The Hall–Kier alpha value is -3.13. The SMILES string of the molecule is O=C(CNC(=O)c1cc(Cl)ccc1F)Nc1ccc2[nH]c(=O)[nH]c2c1. The topological polar surface area (TPSA) is 107 Å². The number of aromatic amines is 2. The van der Waals surface area contributed by atoms with Crippen LogP contribution in [-0.4, -0.2) is 28.3 Å². The van der Waals surface area contributed by atoms with Crippen molar-refractivity contribution in [2.75, 3.05) is 11.9 Å². The van der Waals surface area contributed by atoms with E-state index in [9.17, 15) is 18.8 Å². The van der Waals surface area contributed by atoms with Gasteiger partial charge in [-0.15, -0.1) is 0 Å². The van der Waals surface area contributed by atoms with Crippen molar-refractivity contribution in [3.05, 3.63) is 63.3 Å². The maximum absolute atomic E-state index is 13.6. The van der Waals surface area contributed by atoms with Crippen LogP contribution < -0.4 is 16.3 Å². The lowest BCUT2D eigenvalue weighted by Gasteiger charge is -2.08. The second-order valence-corrected chi connectivity index (χ2v) is 5.63. The first-order chi connectivity index (χ1) is 11.9. The number of aromatic nitrogens is 2. The molecule has 7 nitrogen and oxygen atoms in total. The molecule has 4 N–H and O–H groups in total. The van der Waals surface area contributed by atoms with Gasteiger partial charge in [-0.05, 0) is 36.4 Å². The van der Waals surface area contributed by atoms with Crippen molar-refractivity contribution in [1.29, 1.82) is 0 Å². The predicted octanol–water partition coefficient (Wildman–Crippen LogP) is 2.02. The van der Waals surface area contributed by atoms with E-state index in [1.165, 1.54) is 12.1 Å². The molecule has 0 fully saturated rings. The van der Waals surface area contributed by atoms with Crippen molar-refractivity contribution in [1.82, 2.24) is 15.3 Å². The highest BCUT2D eigenvalue weighted by Crippen LogP contribution is 2.15. The van der Waals surface area contributed by atoms with Gasteiger partial charge in [0, 0.05) is 10.7 Å². The van der Waals surface area contributed by atoms with Crippen molar-refractivity contribution in [3.8, 4) is 0 Å². The molecular weight excluding hydrogens is 351 g/mol. The van der Waals surface area contributed by atoms with Crippen LogP contribution in [0.4, 0.5) is 10.1 Å². The van der Waals surface area contributed by atoms with Gasteiger partial charge in [-0.25, -0.2) is 9.18 Å². The lowest BCUT2D eigenvalue weighted by molar-refractivity contribution is -0.115. The van der Waals surface area contributed by atoms with Crippen LogP contribution in [-0.2, 0) is 4.79 Å². The number of amides is 2. The normalized spacial score (nSPS) is 10.6. The first-order valence-corrected chi connectivity index (χ1v) is 7.55. The van der Waals surface area contributed by atoms with Gasteiger partial charge >= 0.3 is 5.69 Å². The summed E-state index contributed by atoms with van der Waals surface area (Å²) in [6, 6.07) is 8.38. The largest absolute Gasteiger partial charge is 0.343 e. The van der Waals surface area contributed by atoms with E-state index in [-0.39, 0.29) is 22.8 Å². The molecule has 0 saturated heterocycles. The monoisotopic (exact) mass is 362 g/mol. The summed E-state index contributed by atoms with van der Waals surface area (Å²) in [6.07, 6.45) is 0. The van der Waals surface area contributed by atoms with Crippen molar-refractivity contribution in [3.63, 3.8) is 0 Å². The summed E-state index contributed by atoms with van der Waals surface area (Å²) in [4.78, 5) is 40.2. The number of benzene rings is 2. The summed E-state index contributed by atoms with van der Waals surface area (Å²) in [7, 11) is 0. The molecule has 1 aromatic heterocycles. The average molecular weight is 363 g/mol. The van der Waals surface area contributed by atoms with Gasteiger partial charge in [0.2, 0.25) is 5.91 Å². The highest BCUT2D eigenvalue weighted by molar-refractivity contribution is 6.31. The fourth-order valence-electron chi connectivity index (χ4n) is 2.24. The standard InChI is InChI=1S/C16H12ClFN4O3/c17-8-1-3-11(18)10(5-8)15(24)19-7-14(23)20-9-2-4-12-13(6-9)22-16(25)21-12/h1-6H,7H2,(H,19,24)(H,20,23)(H2,21,22,25). The highest BCUT2D eigenvalue weighted by atomic mass is 35.5. The molecule has 25 heavy (non-hydrogen) atoms. The molecule has 0 radical (unpaired) electrons. The van der Waals surface area contributed by atoms with E-state index in [4.69, 9.17) is 11.6 Å². The van der Waals surface area contributed by atoms with Crippen LogP contribution in [0, 0.1) is 5.82 Å². The summed E-state index contributed by atoms with van der Waals surface area (Å²) < 4.78 is 13.6. The lowest BCUT2D eigenvalue weighted by atomic mass is 10.2. The Balaban J connectivity index is 1.62. The molecule has 0 bridgehead atoms. The molecule has 0 saturated carbocycles. The molecule has 2 amide bonds. The molecule has 0 aliphatic rings. The van der Waals surface area contributed by atoms with Gasteiger partial charge < -0.3 is 20.6 Å². The van der Waals surface area contributed by atoms with Crippen molar-refractivity contribution in [2.24, 2.45) is 0 Å². The Morgan fingerprint density at radius 2 is 1.84 bits per heavy atom. The molecule has 9 heteroatoms. The molecule has 1 heterocycles. The molecule has 0 spiro atoms. The first kappa shape index (κ1) is 16.7. The summed E-state index contributed by atoms with van der Waals surface area (Å²) in [6.45, 7) is -0.355. The third kappa shape index (κ3) is 3.86. The Morgan fingerprint density at radius 1 is 1.08 bits per heavy atom. The molecule has 128 valence electrons. The minimum Gasteiger partial charge on any atom is -0.343 e. The van der Waals surface area contributed by atoms with Crippen LogP contribution in [0.25, 0.3) is 11.0 Å². The van der Waals surface area contributed by atoms with Crippen molar-refractivity contribution < 1.29 is 14.0 Å². The summed E-state index contributed by atoms with van der Waals surface area (Å²) in [5.41, 5.74) is 0.984. The summed E-state index contributed by atoms with van der Waals surface area (Å²) in [5, 5.41) is 5.09. The van der Waals surface area contributed by atoms with Crippen molar-refractivity contribution in [2.45, 2.75) is 0 Å². The smallest absolute Gasteiger partial charge is 0.323 e. The average Bonchev–Trinajstić information content (AvgIpc) is 2.94. The van der Waals surface area contributed by atoms with Crippen LogP contribution in [0.5, 0.6) is 0 Å². The second-order valence-electron chi connectivity index (χ2n) is 5.19. The Kier molecular flexibility index (Phi) is 4.53. The fourth-order valence-corrected chi connectivity index (χ4v) is 2.41. The second kappa shape index (κ2) is 6.78. The third-order valence-electron chi connectivity index (χ3n) is 3.38. The maximum atomic E-state index is 13.6. The van der Waals surface area contributed by atoms with Crippen LogP contribution in [0.15, 0.2) is 41.2 Å². The zero-order valence-corrected chi connectivity index (χ0v) is 13.4. The number of H-pyrrole nitrogens is 2. The van der Waals surface area contributed by atoms with Crippen LogP contribution >= 0.6 is 11.6 Å². The number of nitrogens with one attached hydrogen (secondary N) is 4. The quantitative estimate of drug-likeness (QED) is 0.570. The van der Waals surface area contributed by atoms with Crippen molar-refractivity contribution >= 4 is 40.1 Å². The fraction of sp³-hybridized carbons (Fsp3) is 0.0625. The number of rotatable bonds is 4. The molecule has 0 aliphatic heterocycles. The summed E-state index contributed by atoms with van der Waals surface area (Å²) >= 11 is 5.73. The number of anilines is 1. The van der Waals surface area contributed by atoms with E-state index in [2.05, 4.69) is 20.6 Å². The van der Waals surface area contributed by atoms with E-state index < -0.39 is 17.6 Å². The molecule has 2 aromatic carbocycles. The number of carbonyl (C=O) groups excluding carboxylic acids is 2. The molecule has 3 rings (SSSR count).